The Morgan fingerprint density at radius 1 is 1.18 bits per heavy atom. The molecule has 6 rings (SSSR count). The number of hydrogen-bond acceptors (Lipinski definition) is 6. The minimum Gasteiger partial charge on any atom is -0.444 e. The summed E-state index contributed by atoms with van der Waals surface area (Å²) >= 11 is 0. The molecular formula is C29H29FN6O4. The number of amides is 2. The summed E-state index contributed by atoms with van der Waals surface area (Å²) in [5.74, 6) is -0.366. The number of carbonyl (C=O) groups is 2. The summed E-state index contributed by atoms with van der Waals surface area (Å²) in [6.45, 7) is 15.1. The van der Waals surface area contributed by atoms with E-state index in [9.17, 15) is 9.59 Å². The average molecular weight is 545 g/mol. The fourth-order valence-corrected chi connectivity index (χ4v) is 5.93. The van der Waals surface area contributed by atoms with Gasteiger partial charge < -0.3 is 19.2 Å². The van der Waals surface area contributed by atoms with E-state index in [1.807, 2.05) is 45.0 Å². The van der Waals surface area contributed by atoms with Crippen molar-refractivity contribution in [3.05, 3.63) is 77.7 Å². The van der Waals surface area contributed by atoms with Crippen LogP contribution >= 0.6 is 0 Å². The van der Waals surface area contributed by atoms with E-state index in [0.29, 0.717) is 36.4 Å². The Morgan fingerprint density at radius 2 is 1.90 bits per heavy atom. The SMILES string of the molecule is [C-]#[N+]C1(c2ccc(-c3ccc(N4C[C@H](Cn5ccnn5)OC4=O)cc3F)cc2)[C@@H]2CN(C(=O)OC(C)(C)C)C[C@@H]21. The molecule has 40 heavy (non-hydrogen) atoms. The average Bonchev–Trinajstić information content (AvgIpc) is 3.41. The molecule has 2 amide bonds. The Balaban J connectivity index is 1.13. The summed E-state index contributed by atoms with van der Waals surface area (Å²) in [6.07, 6.45) is 1.93. The number of piperidine rings is 1. The van der Waals surface area contributed by atoms with Crippen molar-refractivity contribution in [2.45, 2.75) is 44.6 Å². The van der Waals surface area contributed by atoms with Gasteiger partial charge in [0.2, 0.25) is 0 Å². The first kappa shape index (κ1) is 25.8. The maximum Gasteiger partial charge on any atom is 0.414 e. The van der Waals surface area contributed by atoms with Gasteiger partial charge in [0.1, 0.15) is 17.5 Å². The van der Waals surface area contributed by atoms with Gasteiger partial charge in [-0.25, -0.2) is 25.2 Å². The molecule has 10 nitrogen and oxygen atoms in total. The van der Waals surface area contributed by atoms with Crippen LogP contribution in [0.5, 0.6) is 0 Å². The molecule has 3 heterocycles. The van der Waals surface area contributed by atoms with Crippen LogP contribution in [-0.2, 0) is 21.6 Å². The molecule has 0 radical (unpaired) electrons. The molecule has 1 unspecified atom stereocenters. The Hall–Kier alpha value is -4.46. The number of hydrogen-bond donors (Lipinski definition) is 0. The highest BCUT2D eigenvalue weighted by Crippen LogP contribution is 2.64. The lowest BCUT2D eigenvalue weighted by Gasteiger charge is -2.26. The van der Waals surface area contributed by atoms with Crippen LogP contribution in [0.1, 0.15) is 26.3 Å². The second-order valence-electron chi connectivity index (χ2n) is 11.5. The van der Waals surface area contributed by atoms with Crippen molar-refractivity contribution in [2.75, 3.05) is 24.5 Å². The van der Waals surface area contributed by atoms with Crippen LogP contribution in [0, 0.1) is 24.2 Å². The summed E-state index contributed by atoms with van der Waals surface area (Å²) in [4.78, 5) is 32.0. The van der Waals surface area contributed by atoms with Crippen LogP contribution < -0.4 is 4.90 Å². The Kier molecular flexibility index (Phi) is 6.02. The van der Waals surface area contributed by atoms with Crippen LogP contribution in [0.2, 0.25) is 0 Å². The predicted molar refractivity (Wildman–Crippen MR) is 143 cm³/mol. The van der Waals surface area contributed by atoms with Gasteiger partial charge in [-0.3, -0.25) is 4.90 Å². The van der Waals surface area contributed by atoms with Crippen LogP contribution in [0.3, 0.4) is 0 Å². The van der Waals surface area contributed by atoms with Crippen molar-refractivity contribution in [3.63, 3.8) is 0 Å². The zero-order valence-corrected chi connectivity index (χ0v) is 22.5. The lowest BCUT2D eigenvalue weighted by Crippen LogP contribution is -2.38. The predicted octanol–water partition coefficient (Wildman–Crippen LogP) is 4.72. The van der Waals surface area contributed by atoms with E-state index in [0.717, 1.165) is 5.56 Å². The topological polar surface area (TPSA) is 94.2 Å². The van der Waals surface area contributed by atoms with Gasteiger partial charge in [0, 0.05) is 30.4 Å². The van der Waals surface area contributed by atoms with Gasteiger partial charge in [-0.2, -0.15) is 0 Å². The lowest BCUT2D eigenvalue weighted by molar-refractivity contribution is 0.0265. The summed E-state index contributed by atoms with van der Waals surface area (Å²) < 4.78 is 27.7. The maximum absolute atomic E-state index is 15.3. The van der Waals surface area contributed by atoms with Crippen molar-refractivity contribution in [1.82, 2.24) is 19.9 Å². The molecule has 1 saturated carbocycles. The quantitative estimate of drug-likeness (QED) is 0.432. The van der Waals surface area contributed by atoms with Crippen LogP contribution in [0.15, 0.2) is 54.9 Å². The van der Waals surface area contributed by atoms with Gasteiger partial charge in [-0.05, 0) is 44.5 Å². The van der Waals surface area contributed by atoms with Gasteiger partial charge >= 0.3 is 12.2 Å². The Labute approximate surface area is 231 Å². The highest BCUT2D eigenvalue weighted by Gasteiger charge is 2.77. The van der Waals surface area contributed by atoms with Crippen LogP contribution in [0.4, 0.5) is 19.7 Å². The number of fused-ring (bicyclic) bond motifs is 1. The third kappa shape index (κ3) is 4.43. The normalized spacial score (nSPS) is 25.4. The first-order chi connectivity index (χ1) is 19.1. The fraction of sp³-hybridized carbons (Fsp3) is 0.414. The monoisotopic (exact) mass is 544 g/mol. The van der Waals surface area contributed by atoms with Crippen molar-refractivity contribution in [2.24, 2.45) is 11.8 Å². The molecule has 0 bridgehead atoms. The molecule has 2 aromatic carbocycles. The number of cyclic esters (lactones) is 1. The molecule has 1 aliphatic carbocycles. The molecule has 2 aliphatic heterocycles. The van der Waals surface area contributed by atoms with E-state index < -0.39 is 29.2 Å². The Bertz CT molecular complexity index is 1480. The number of anilines is 1. The number of likely N-dealkylation sites (tertiary alicyclic amines) is 1. The zero-order chi connectivity index (χ0) is 28.2. The molecule has 3 fully saturated rings. The minimum atomic E-state index is -0.668. The molecule has 1 aromatic heterocycles. The molecular weight excluding hydrogens is 515 g/mol. The van der Waals surface area contributed by atoms with Crippen molar-refractivity contribution < 1.29 is 23.5 Å². The lowest BCUT2D eigenvalue weighted by atomic mass is 9.96. The molecule has 2 saturated heterocycles. The van der Waals surface area contributed by atoms with Crippen molar-refractivity contribution >= 4 is 17.9 Å². The van der Waals surface area contributed by atoms with E-state index in [-0.39, 0.29) is 24.5 Å². The fourth-order valence-electron chi connectivity index (χ4n) is 5.93. The summed E-state index contributed by atoms with van der Waals surface area (Å²) in [5, 5.41) is 7.64. The van der Waals surface area contributed by atoms with Crippen molar-refractivity contribution in [3.8, 4) is 11.1 Å². The van der Waals surface area contributed by atoms with Gasteiger partial charge in [0.15, 0.2) is 0 Å². The van der Waals surface area contributed by atoms with Crippen LogP contribution in [-0.4, -0.2) is 63.4 Å². The molecule has 3 aromatic rings. The van der Waals surface area contributed by atoms with E-state index >= 15 is 4.39 Å². The number of benzene rings is 2. The highest BCUT2D eigenvalue weighted by molar-refractivity contribution is 5.90. The smallest absolute Gasteiger partial charge is 0.414 e. The third-order valence-corrected chi connectivity index (χ3v) is 7.84. The maximum atomic E-state index is 15.3. The summed E-state index contributed by atoms with van der Waals surface area (Å²) in [5.41, 5.74) is 1.12. The number of nitrogens with zero attached hydrogens (tertiary/aromatic N) is 6. The largest absolute Gasteiger partial charge is 0.444 e. The first-order valence-electron chi connectivity index (χ1n) is 13.2. The number of carbonyl (C=O) groups excluding carboxylic acids is 2. The minimum absolute atomic E-state index is 0.0491. The van der Waals surface area contributed by atoms with Gasteiger partial charge in [0.25, 0.3) is 5.54 Å². The molecule has 11 heteroatoms. The first-order valence-corrected chi connectivity index (χ1v) is 13.2. The van der Waals surface area contributed by atoms with E-state index in [1.54, 1.807) is 34.1 Å². The zero-order valence-electron chi connectivity index (χ0n) is 22.5. The molecule has 0 spiro atoms. The second-order valence-corrected chi connectivity index (χ2v) is 11.5. The molecule has 206 valence electrons. The van der Waals surface area contributed by atoms with Gasteiger partial charge in [-0.1, -0.05) is 29.5 Å². The van der Waals surface area contributed by atoms with Gasteiger partial charge in [-0.15, -0.1) is 5.10 Å². The van der Waals surface area contributed by atoms with Crippen LogP contribution in [0.25, 0.3) is 16.0 Å². The standard InChI is InChI=1S/C29H29FN6O4/c1-28(2,3)40-26(37)34-16-23-24(17-34)29(23,31-4)19-7-5-18(6-8-19)22-10-9-20(13-25(22)30)36-15-21(39-27(36)38)14-35-12-11-32-33-35/h5-13,21,23-24H,14-17H2,1-3H3/t21-,23-,24+,29?/m0/s1. The number of ether oxygens (including phenoxy) is 2. The van der Waals surface area contributed by atoms with Crippen molar-refractivity contribution in [1.29, 1.82) is 0 Å². The Morgan fingerprint density at radius 3 is 2.50 bits per heavy atom. The summed E-state index contributed by atoms with van der Waals surface area (Å²) in [6, 6.07) is 12.1. The van der Waals surface area contributed by atoms with Gasteiger partial charge in [0.05, 0.1) is 36.8 Å². The number of halogens is 1. The summed E-state index contributed by atoms with van der Waals surface area (Å²) in [7, 11) is 0. The number of aromatic nitrogens is 3. The second kappa shape index (κ2) is 9.33. The third-order valence-electron chi connectivity index (χ3n) is 7.84. The van der Waals surface area contributed by atoms with E-state index in [2.05, 4.69) is 15.2 Å². The number of rotatable bonds is 5. The van der Waals surface area contributed by atoms with E-state index in [1.165, 1.54) is 11.0 Å². The molecule has 4 atom stereocenters. The van der Waals surface area contributed by atoms with E-state index in [4.69, 9.17) is 16.0 Å². The highest BCUT2D eigenvalue weighted by atomic mass is 19.1. The molecule has 0 N–H and O–H groups in total. The molecule has 3 aliphatic rings.